The highest BCUT2D eigenvalue weighted by Gasteiger charge is 2.33. The van der Waals surface area contributed by atoms with Crippen LogP contribution in [0.25, 0.3) is 0 Å². The van der Waals surface area contributed by atoms with E-state index in [-0.39, 0.29) is 53.4 Å². The molecule has 1 aliphatic rings. The van der Waals surface area contributed by atoms with Gasteiger partial charge in [0.2, 0.25) is 15.9 Å². The largest absolute Gasteiger partial charge is 0.488 e. The van der Waals surface area contributed by atoms with E-state index in [1.54, 1.807) is 36.1 Å². The molecule has 0 bridgehead atoms. The molecule has 42 heavy (non-hydrogen) atoms. The maximum atomic E-state index is 13.5. The summed E-state index contributed by atoms with van der Waals surface area (Å²) < 4.78 is 62.6. The second-order valence-corrected chi connectivity index (χ2v) is 14.5. The number of ether oxygens (including phenoxy) is 1. The van der Waals surface area contributed by atoms with Crippen LogP contribution in [0.2, 0.25) is 5.02 Å². The number of hydrogen-bond acceptors (Lipinski definition) is 7. The first kappa shape index (κ1) is 31.8. The molecule has 0 saturated carbocycles. The molecule has 0 radical (unpaired) electrons. The molecule has 1 heterocycles. The van der Waals surface area contributed by atoms with Gasteiger partial charge in [-0.05, 0) is 61.5 Å². The molecule has 0 unspecified atom stereocenters. The Morgan fingerprint density at radius 3 is 2.36 bits per heavy atom. The first-order valence-electron chi connectivity index (χ1n) is 13.3. The quantitative estimate of drug-likeness (QED) is 0.367. The second kappa shape index (κ2) is 13.0. The van der Waals surface area contributed by atoms with Crippen LogP contribution in [-0.4, -0.2) is 75.9 Å². The van der Waals surface area contributed by atoms with Gasteiger partial charge >= 0.3 is 0 Å². The molecular formula is C29H34ClN3O7S2. The van der Waals surface area contributed by atoms with Gasteiger partial charge in [-0.25, -0.2) is 16.8 Å². The van der Waals surface area contributed by atoms with Gasteiger partial charge in [-0.3, -0.25) is 9.52 Å². The number of carbonyl (C=O) groups excluding carboxylic acids is 1. The number of aliphatic hydroxyl groups excluding tert-OH is 1. The van der Waals surface area contributed by atoms with Crippen molar-refractivity contribution in [1.29, 1.82) is 0 Å². The lowest BCUT2D eigenvalue weighted by Gasteiger charge is -2.33. The second-order valence-electron chi connectivity index (χ2n) is 10.4. The van der Waals surface area contributed by atoms with E-state index in [1.165, 1.54) is 59.9 Å². The maximum absolute atomic E-state index is 13.5. The van der Waals surface area contributed by atoms with Crippen LogP contribution in [0, 0.1) is 5.92 Å². The van der Waals surface area contributed by atoms with Crippen LogP contribution in [0.4, 0.5) is 5.69 Å². The van der Waals surface area contributed by atoms with E-state index in [4.69, 9.17) is 16.3 Å². The molecule has 3 aromatic carbocycles. The Morgan fingerprint density at radius 1 is 1.05 bits per heavy atom. The molecular weight excluding hydrogens is 602 g/mol. The normalized spacial score (nSPS) is 18.8. The molecule has 0 spiro atoms. The molecule has 0 aromatic heterocycles. The van der Waals surface area contributed by atoms with E-state index in [1.807, 2.05) is 6.92 Å². The van der Waals surface area contributed by atoms with Gasteiger partial charge in [0.15, 0.2) is 0 Å². The number of likely N-dealkylation sites (N-methyl/N-ethyl adjacent to an activating group) is 1. The molecule has 226 valence electrons. The van der Waals surface area contributed by atoms with E-state index in [0.29, 0.717) is 16.3 Å². The molecule has 1 aliphatic heterocycles. The molecule has 0 fully saturated rings. The summed E-state index contributed by atoms with van der Waals surface area (Å²) in [4.78, 5) is 15.2. The number of halogens is 1. The van der Waals surface area contributed by atoms with Crippen molar-refractivity contribution in [1.82, 2.24) is 9.21 Å². The van der Waals surface area contributed by atoms with Crippen molar-refractivity contribution in [2.45, 2.75) is 42.2 Å². The van der Waals surface area contributed by atoms with Crippen molar-refractivity contribution in [3.8, 4) is 5.75 Å². The maximum Gasteiger partial charge on any atom is 0.261 e. The lowest BCUT2D eigenvalue weighted by Crippen LogP contribution is -2.48. The molecule has 0 saturated heterocycles. The Labute approximate surface area is 252 Å². The van der Waals surface area contributed by atoms with Crippen molar-refractivity contribution in [2.75, 3.05) is 31.5 Å². The Hall–Kier alpha value is -3.16. The summed E-state index contributed by atoms with van der Waals surface area (Å²) in [5, 5.41) is 10.3. The van der Waals surface area contributed by atoms with Gasteiger partial charge in [0, 0.05) is 35.8 Å². The standard InChI is InChI=1S/C29H34ClN3O7S2/c1-20-17-33(21(2)19-34)29(35)16-22-15-24(31-41(36,37)25-7-5-4-6-8-25)11-14-27(22)40-28(20)18-32(3)42(38,39)26-12-9-23(30)10-13-26/h4-15,20-21,28,31,34H,16-19H2,1-3H3/t20-,21-,28-/m1/s1. The van der Waals surface area contributed by atoms with Crippen LogP contribution in [0.15, 0.2) is 82.6 Å². The van der Waals surface area contributed by atoms with Crippen molar-refractivity contribution in [3.05, 3.63) is 83.4 Å². The average Bonchev–Trinajstić information content (AvgIpc) is 3.00. The lowest BCUT2D eigenvalue weighted by molar-refractivity contribution is -0.134. The molecule has 3 atom stereocenters. The minimum atomic E-state index is -3.89. The van der Waals surface area contributed by atoms with Gasteiger partial charge in [-0.15, -0.1) is 0 Å². The molecule has 10 nitrogen and oxygen atoms in total. The first-order chi connectivity index (χ1) is 19.8. The number of sulfonamides is 2. The van der Waals surface area contributed by atoms with E-state index in [9.17, 15) is 26.7 Å². The number of hydrogen-bond donors (Lipinski definition) is 2. The van der Waals surface area contributed by atoms with E-state index < -0.39 is 32.2 Å². The number of fused-ring (bicyclic) bond motifs is 1. The first-order valence-corrected chi connectivity index (χ1v) is 16.6. The summed E-state index contributed by atoms with van der Waals surface area (Å²) in [6.45, 7) is 3.48. The molecule has 2 N–H and O–H groups in total. The number of benzene rings is 3. The third kappa shape index (κ3) is 7.24. The number of anilines is 1. The fourth-order valence-corrected chi connectivity index (χ4v) is 7.04. The third-order valence-electron chi connectivity index (χ3n) is 7.18. The van der Waals surface area contributed by atoms with Crippen molar-refractivity contribution in [3.63, 3.8) is 0 Å². The summed E-state index contributed by atoms with van der Waals surface area (Å²) >= 11 is 5.94. The number of aliphatic hydroxyl groups is 1. The van der Waals surface area contributed by atoms with E-state index >= 15 is 0 Å². The minimum absolute atomic E-state index is 0.0382. The van der Waals surface area contributed by atoms with Gasteiger partial charge < -0.3 is 14.7 Å². The fourth-order valence-electron chi connectivity index (χ4n) is 4.66. The third-order valence-corrected chi connectivity index (χ3v) is 10.7. The summed E-state index contributed by atoms with van der Waals surface area (Å²) in [6.07, 6.45) is -0.805. The summed E-state index contributed by atoms with van der Waals surface area (Å²) in [5.41, 5.74) is 0.660. The van der Waals surface area contributed by atoms with Crippen molar-refractivity contribution < 1.29 is 31.5 Å². The predicted octanol–water partition coefficient (Wildman–Crippen LogP) is 3.61. The Morgan fingerprint density at radius 2 is 1.71 bits per heavy atom. The monoisotopic (exact) mass is 635 g/mol. The van der Waals surface area contributed by atoms with E-state index in [0.717, 1.165) is 0 Å². The molecule has 3 aromatic rings. The van der Waals surface area contributed by atoms with Crippen molar-refractivity contribution in [2.24, 2.45) is 5.92 Å². The van der Waals surface area contributed by atoms with Crippen molar-refractivity contribution >= 4 is 43.2 Å². The zero-order valence-electron chi connectivity index (χ0n) is 23.5. The van der Waals surface area contributed by atoms with Gasteiger partial charge in [-0.2, -0.15) is 4.31 Å². The summed E-state index contributed by atoms with van der Waals surface area (Å²) in [7, 11) is -6.32. The smallest absolute Gasteiger partial charge is 0.261 e. The summed E-state index contributed by atoms with van der Waals surface area (Å²) in [6, 6.07) is 17.9. The zero-order valence-corrected chi connectivity index (χ0v) is 25.9. The molecule has 13 heteroatoms. The van der Waals surface area contributed by atoms with Crippen LogP contribution >= 0.6 is 11.6 Å². The van der Waals surface area contributed by atoms with Crippen LogP contribution in [0.1, 0.15) is 19.4 Å². The minimum Gasteiger partial charge on any atom is -0.488 e. The number of amides is 1. The number of nitrogens with one attached hydrogen (secondary N) is 1. The zero-order chi connectivity index (χ0) is 30.7. The van der Waals surface area contributed by atoms with Gasteiger partial charge in [0.25, 0.3) is 10.0 Å². The SMILES string of the molecule is C[C@@H]1CN([C@H](C)CO)C(=O)Cc2cc(NS(=O)(=O)c3ccccc3)ccc2O[C@@H]1CN(C)S(=O)(=O)c1ccc(Cl)cc1. The van der Waals surface area contributed by atoms with Crippen LogP contribution in [0.5, 0.6) is 5.75 Å². The lowest BCUT2D eigenvalue weighted by atomic mass is 10.0. The highest BCUT2D eigenvalue weighted by atomic mass is 35.5. The summed E-state index contributed by atoms with van der Waals surface area (Å²) in [5.74, 6) is -0.286. The molecule has 0 aliphatic carbocycles. The van der Waals surface area contributed by atoms with Gasteiger partial charge in [-0.1, -0.05) is 36.7 Å². The van der Waals surface area contributed by atoms with Crippen LogP contribution in [0.3, 0.4) is 0 Å². The topological polar surface area (TPSA) is 133 Å². The van der Waals surface area contributed by atoms with Gasteiger partial charge in [0.05, 0.1) is 35.4 Å². The van der Waals surface area contributed by atoms with E-state index in [2.05, 4.69) is 4.72 Å². The fraction of sp³-hybridized carbons (Fsp3) is 0.345. The number of carbonyl (C=O) groups is 1. The predicted molar refractivity (Wildman–Crippen MR) is 161 cm³/mol. The highest BCUT2D eigenvalue weighted by Crippen LogP contribution is 2.31. The Bertz CT molecular complexity index is 1620. The highest BCUT2D eigenvalue weighted by molar-refractivity contribution is 7.92. The number of nitrogens with zero attached hydrogens (tertiary/aromatic N) is 2. The number of rotatable bonds is 9. The van der Waals surface area contributed by atoms with Crippen LogP contribution in [-0.2, 0) is 31.3 Å². The average molecular weight is 636 g/mol. The Kier molecular flexibility index (Phi) is 9.84. The van der Waals surface area contributed by atoms with Gasteiger partial charge in [0.1, 0.15) is 11.9 Å². The van der Waals surface area contributed by atoms with Crippen LogP contribution < -0.4 is 9.46 Å². The molecule has 1 amide bonds. The molecule has 4 rings (SSSR count). The Balaban J connectivity index is 1.68.